The lowest BCUT2D eigenvalue weighted by Crippen LogP contribution is -2.43. The van der Waals surface area contributed by atoms with Gasteiger partial charge in [-0.05, 0) is 37.3 Å². The Kier molecular flexibility index (Phi) is 5.14. The number of hydrogen-bond acceptors (Lipinski definition) is 4. The topological polar surface area (TPSA) is 75.4 Å². The van der Waals surface area contributed by atoms with Crippen LogP contribution < -0.4 is 11.1 Å². The van der Waals surface area contributed by atoms with Gasteiger partial charge in [0, 0.05) is 6.04 Å². The third kappa shape index (κ3) is 3.58. The van der Waals surface area contributed by atoms with Crippen LogP contribution in [0.4, 0.5) is 5.00 Å². The third-order valence-electron chi connectivity index (χ3n) is 3.75. The molecule has 3 N–H and O–H groups in total. The minimum Gasteiger partial charge on any atom is -0.366 e. The molecule has 1 saturated heterocycles. The summed E-state index contributed by atoms with van der Waals surface area (Å²) in [5.41, 5.74) is 5.65. The number of nitrogens with zero attached hydrogens (tertiary/aromatic N) is 1. The highest BCUT2D eigenvalue weighted by Crippen LogP contribution is 2.23. The molecule has 0 spiro atoms. The van der Waals surface area contributed by atoms with Crippen molar-refractivity contribution >= 4 is 28.2 Å². The van der Waals surface area contributed by atoms with E-state index in [1.54, 1.807) is 11.4 Å². The SMILES string of the molecule is CC[C@H]1CCCCN1CC(=O)Nc1sccc1C(N)=O. The van der Waals surface area contributed by atoms with Crippen molar-refractivity contribution in [3.8, 4) is 0 Å². The molecule has 1 aliphatic rings. The van der Waals surface area contributed by atoms with Gasteiger partial charge in [-0.25, -0.2) is 0 Å². The average Bonchev–Trinajstić information content (AvgIpc) is 2.87. The van der Waals surface area contributed by atoms with Gasteiger partial charge in [0.1, 0.15) is 5.00 Å². The van der Waals surface area contributed by atoms with E-state index in [9.17, 15) is 9.59 Å². The second kappa shape index (κ2) is 6.85. The van der Waals surface area contributed by atoms with Crippen molar-refractivity contribution in [3.05, 3.63) is 17.0 Å². The molecule has 1 aromatic heterocycles. The van der Waals surface area contributed by atoms with E-state index in [4.69, 9.17) is 5.73 Å². The molecule has 1 atom stereocenters. The van der Waals surface area contributed by atoms with Crippen LogP contribution in [0.15, 0.2) is 11.4 Å². The van der Waals surface area contributed by atoms with Gasteiger partial charge in [-0.15, -0.1) is 11.3 Å². The summed E-state index contributed by atoms with van der Waals surface area (Å²) in [4.78, 5) is 25.6. The van der Waals surface area contributed by atoms with Crippen LogP contribution >= 0.6 is 11.3 Å². The molecule has 20 heavy (non-hydrogen) atoms. The zero-order valence-corrected chi connectivity index (χ0v) is 12.5. The van der Waals surface area contributed by atoms with Crippen LogP contribution in [0.3, 0.4) is 0 Å². The van der Waals surface area contributed by atoms with Crippen molar-refractivity contribution < 1.29 is 9.59 Å². The number of piperidine rings is 1. The summed E-state index contributed by atoms with van der Waals surface area (Å²) in [7, 11) is 0. The Morgan fingerprint density at radius 3 is 3.00 bits per heavy atom. The standard InChI is InChI=1S/C14H21N3O2S/c1-2-10-5-3-4-7-17(10)9-12(18)16-14-11(13(15)19)6-8-20-14/h6,8,10H,2-5,7,9H2,1H3,(H2,15,19)(H,16,18)/t10-/m0/s1. The monoisotopic (exact) mass is 295 g/mol. The van der Waals surface area contributed by atoms with E-state index in [0.29, 0.717) is 23.2 Å². The number of nitrogens with one attached hydrogen (secondary N) is 1. The summed E-state index contributed by atoms with van der Waals surface area (Å²) in [5.74, 6) is -0.582. The Hall–Kier alpha value is -1.40. The summed E-state index contributed by atoms with van der Waals surface area (Å²) in [6, 6.07) is 2.13. The maximum absolute atomic E-state index is 12.1. The van der Waals surface area contributed by atoms with Gasteiger partial charge >= 0.3 is 0 Å². The van der Waals surface area contributed by atoms with Gasteiger partial charge in [-0.2, -0.15) is 0 Å². The van der Waals surface area contributed by atoms with E-state index >= 15 is 0 Å². The molecule has 110 valence electrons. The van der Waals surface area contributed by atoms with E-state index < -0.39 is 5.91 Å². The first-order valence-corrected chi connectivity index (χ1v) is 7.91. The molecule has 0 aromatic carbocycles. The predicted octanol–water partition coefficient (Wildman–Crippen LogP) is 2.05. The first-order valence-electron chi connectivity index (χ1n) is 7.03. The van der Waals surface area contributed by atoms with E-state index in [-0.39, 0.29) is 5.91 Å². The molecule has 1 fully saturated rings. The number of anilines is 1. The van der Waals surface area contributed by atoms with Crippen molar-refractivity contribution in [2.24, 2.45) is 5.73 Å². The number of primary amides is 1. The van der Waals surface area contributed by atoms with Gasteiger partial charge in [-0.1, -0.05) is 13.3 Å². The number of likely N-dealkylation sites (tertiary alicyclic amines) is 1. The second-order valence-corrected chi connectivity index (χ2v) is 6.02. The fourth-order valence-electron chi connectivity index (χ4n) is 2.68. The first kappa shape index (κ1) is 15.0. The van der Waals surface area contributed by atoms with Gasteiger partial charge in [0.15, 0.2) is 0 Å². The number of amides is 2. The van der Waals surface area contributed by atoms with Crippen LogP contribution in [0.5, 0.6) is 0 Å². The number of nitrogens with two attached hydrogens (primary N) is 1. The van der Waals surface area contributed by atoms with Crippen LogP contribution in [0, 0.1) is 0 Å². The van der Waals surface area contributed by atoms with E-state index in [1.807, 2.05) is 0 Å². The molecule has 6 heteroatoms. The van der Waals surface area contributed by atoms with Gasteiger partial charge in [-0.3, -0.25) is 14.5 Å². The lowest BCUT2D eigenvalue weighted by atomic mass is 10.0. The molecular weight excluding hydrogens is 274 g/mol. The summed E-state index contributed by atoms with van der Waals surface area (Å²) in [5, 5.41) is 5.10. The second-order valence-electron chi connectivity index (χ2n) is 5.10. The molecule has 1 aliphatic heterocycles. The lowest BCUT2D eigenvalue weighted by Gasteiger charge is -2.34. The number of rotatable bonds is 5. The molecule has 0 radical (unpaired) electrons. The minimum absolute atomic E-state index is 0.0738. The van der Waals surface area contributed by atoms with Gasteiger partial charge < -0.3 is 11.1 Å². The Labute approximate surface area is 123 Å². The summed E-state index contributed by atoms with van der Waals surface area (Å²) >= 11 is 1.32. The van der Waals surface area contributed by atoms with Crippen LogP contribution in [0.2, 0.25) is 0 Å². The molecule has 0 bridgehead atoms. The van der Waals surface area contributed by atoms with Gasteiger partial charge in [0.05, 0.1) is 12.1 Å². The van der Waals surface area contributed by atoms with Crippen LogP contribution in [-0.2, 0) is 4.79 Å². The number of thiophene rings is 1. The highest BCUT2D eigenvalue weighted by molar-refractivity contribution is 7.14. The summed E-state index contributed by atoms with van der Waals surface area (Å²) in [6.45, 7) is 3.51. The molecule has 5 nitrogen and oxygen atoms in total. The minimum atomic E-state index is -0.508. The van der Waals surface area contributed by atoms with Crippen LogP contribution in [0.25, 0.3) is 0 Å². The van der Waals surface area contributed by atoms with E-state index in [0.717, 1.165) is 25.8 Å². The van der Waals surface area contributed by atoms with Crippen molar-refractivity contribution in [1.29, 1.82) is 0 Å². The Morgan fingerprint density at radius 2 is 2.30 bits per heavy atom. The highest BCUT2D eigenvalue weighted by atomic mass is 32.1. The zero-order chi connectivity index (χ0) is 14.5. The molecule has 2 heterocycles. The maximum atomic E-state index is 12.1. The van der Waals surface area contributed by atoms with Crippen LogP contribution in [-0.4, -0.2) is 35.8 Å². The molecule has 0 unspecified atom stereocenters. The first-order chi connectivity index (χ1) is 9.61. The number of carbonyl (C=O) groups excluding carboxylic acids is 2. The largest absolute Gasteiger partial charge is 0.366 e. The molecule has 0 saturated carbocycles. The Balaban J connectivity index is 1.94. The van der Waals surface area contributed by atoms with E-state index in [1.165, 1.54) is 17.8 Å². The fraction of sp³-hybridized carbons (Fsp3) is 0.571. The van der Waals surface area contributed by atoms with Crippen molar-refractivity contribution in [3.63, 3.8) is 0 Å². The summed E-state index contributed by atoms with van der Waals surface area (Å²) < 4.78 is 0. The normalized spacial score (nSPS) is 19.8. The lowest BCUT2D eigenvalue weighted by molar-refractivity contribution is -0.118. The quantitative estimate of drug-likeness (QED) is 0.873. The predicted molar refractivity (Wildman–Crippen MR) is 81.0 cm³/mol. The van der Waals surface area contributed by atoms with Gasteiger partial charge in [0.25, 0.3) is 5.91 Å². The van der Waals surface area contributed by atoms with Crippen molar-refractivity contribution in [1.82, 2.24) is 4.90 Å². The number of hydrogen-bond donors (Lipinski definition) is 2. The number of carbonyl (C=O) groups is 2. The Bertz CT molecular complexity index is 487. The zero-order valence-electron chi connectivity index (χ0n) is 11.7. The molecular formula is C14H21N3O2S. The van der Waals surface area contributed by atoms with Crippen molar-refractivity contribution in [2.45, 2.75) is 38.6 Å². The van der Waals surface area contributed by atoms with Crippen molar-refractivity contribution in [2.75, 3.05) is 18.4 Å². The molecule has 2 rings (SSSR count). The van der Waals surface area contributed by atoms with E-state index in [2.05, 4.69) is 17.1 Å². The summed E-state index contributed by atoms with van der Waals surface area (Å²) in [6.07, 6.45) is 4.62. The smallest absolute Gasteiger partial charge is 0.251 e. The molecule has 1 aromatic rings. The average molecular weight is 295 g/mol. The maximum Gasteiger partial charge on any atom is 0.251 e. The van der Waals surface area contributed by atoms with Crippen LogP contribution in [0.1, 0.15) is 43.0 Å². The Morgan fingerprint density at radius 1 is 1.50 bits per heavy atom. The molecule has 0 aliphatic carbocycles. The fourth-order valence-corrected chi connectivity index (χ4v) is 3.49. The highest BCUT2D eigenvalue weighted by Gasteiger charge is 2.23. The van der Waals surface area contributed by atoms with Gasteiger partial charge in [0.2, 0.25) is 5.91 Å². The third-order valence-corrected chi connectivity index (χ3v) is 4.58. The molecule has 2 amide bonds.